The van der Waals surface area contributed by atoms with Gasteiger partial charge in [0.2, 0.25) is 11.8 Å². The van der Waals surface area contributed by atoms with E-state index in [1.807, 2.05) is 0 Å². The van der Waals surface area contributed by atoms with E-state index in [-0.39, 0.29) is 37.1 Å². The van der Waals surface area contributed by atoms with Crippen LogP contribution in [0.5, 0.6) is 0 Å². The lowest BCUT2D eigenvalue weighted by molar-refractivity contribution is -0.384. The highest BCUT2D eigenvalue weighted by Crippen LogP contribution is 2.22. The van der Waals surface area contributed by atoms with E-state index in [1.165, 1.54) is 12.1 Å². The fourth-order valence-corrected chi connectivity index (χ4v) is 1.72. The Morgan fingerprint density at radius 1 is 1.23 bits per heavy atom. The van der Waals surface area contributed by atoms with Gasteiger partial charge in [-0.25, -0.2) is 0 Å². The van der Waals surface area contributed by atoms with Crippen LogP contribution in [0.15, 0.2) is 24.3 Å². The zero-order valence-electron chi connectivity index (χ0n) is 12.3. The predicted octanol–water partition coefficient (Wildman–Crippen LogP) is 0.443. The molecule has 0 bridgehead atoms. The van der Waals surface area contributed by atoms with E-state index >= 15 is 0 Å². The highest BCUT2D eigenvalue weighted by atomic mass is 35.5. The van der Waals surface area contributed by atoms with Crippen molar-refractivity contribution in [2.24, 2.45) is 5.73 Å². The second-order valence-electron chi connectivity index (χ2n) is 4.96. The van der Waals surface area contributed by atoms with Crippen LogP contribution in [-0.2, 0) is 15.1 Å². The van der Waals surface area contributed by atoms with Crippen molar-refractivity contribution < 1.29 is 14.5 Å². The minimum atomic E-state index is -0.723. The first-order valence-corrected chi connectivity index (χ1v) is 6.29. The minimum absolute atomic E-state index is 0. The van der Waals surface area contributed by atoms with Gasteiger partial charge < -0.3 is 16.4 Å². The fourth-order valence-electron chi connectivity index (χ4n) is 1.72. The topological polar surface area (TPSA) is 127 Å². The minimum Gasteiger partial charge on any atom is -0.346 e. The summed E-state index contributed by atoms with van der Waals surface area (Å²) in [4.78, 5) is 32.8. The first-order valence-electron chi connectivity index (χ1n) is 6.29. The number of non-ortho nitro benzene ring substituents is 1. The third-order valence-corrected chi connectivity index (χ3v) is 2.88. The number of carbonyl (C=O) groups is 2. The van der Waals surface area contributed by atoms with Crippen LogP contribution in [0.3, 0.4) is 0 Å². The van der Waals surface area contributed by atoms with Crippen LogP contribution in [0, 0.1) is 10.1 Å². The molecule has 1 aromatic carbocycles. The summed E-state index contributed by atoms with van der Waals surface area (Å²) in [6.45, 7) is 3.17. The Kier molecular flexibility index (Phi) is 7.47. The molecule has 0 aliphatic heterocycles. The Morgan fingerprint density at radius 3 is 2.23 bits per heavy atom. The average Bonchev–Trinajstić information content (AvgIpc) is 2.44. The van der Waals surface area contributed by atoms with Crippen LogP contribution in [-0.4, -0.2) is 29.8 Å². The van der Waals surface area contributed by atoms with Gasteiger partial charge >= 0.3 is 0 Å². The van der Waals surface area contributed by atoms with Gasteiger partial charge in [-0.15, -0.1) is 12.4 Å². The largest absolute Gasteiger partial charge is 0.346 e. The Hall–Kier alpha value is -2.19. The van der Waals surface area contributed by atoms with Gasteiger partial charge in [0.1, 0.15) is 0 Å². The number of amides is 2. The number of carbonyl (C=O) groups excluding carboxylic acids is 2. The number of nitrogens with two attached hydrogens (primary N) is 1. The van der Waals surface area contributed by atoms with Gasteiger partial charge in [0.25, 0.3) is 5.69 Å². The molecule has 0 heterocycles. The summed E-state index contributed by atoms with van der Waals surface area (Å²) < 4.78 is 0. The van der Waals surface area contributed by atoms with Crippen LogP contribution < -0.4 is 16.4 Å². The molecule has 4 N–H and O–H groups in total. The first kappa shape index (κ1) is 19.8. The van der Waals surface area contributed by atoms with Crippen molar-refractivity contribution in [3.8, 4) is 0 Å². The van der Waals surface area contributed by atoms with Gasteiger partial charge in [-0.1, -0.05) is 0 Å². The lowest BCUT2D eigenvalue weighted by Gasteiger charge is -2.27. The maximum Gasteiger partial charge on any atom is 0.269 e. The number of halogens is 1. The average molecular weight is 331 g/mol. The van der Waals surface area contributed by atoms with Crippen LogP contribution in [0.4, 0.5) is 5.69 Å². The second-order valence-corrected chi connectivity index (χ2v) is 4.96. The standard InChI is InChI=1S/C13H18N4O4.ClH/c1-13(2,16-12(19)8-15-11(18)7-14)9-3-5-10(6-4-9)17(20)21;/h3-6H,7-8,14H2,1-2H3,(H,15,18)(H,16,19);1H. The summed E-state index contributed by atoms with van der Waals surface area (Å²) in [5.41, 5.74) is 5.09. The van der Waals surface area contributed by atoms with E-state index in [9.17, 15) is 19.7 Å². The second kappa shape index (κ2) is 8.30. The number of nitro benzene ring substituents is 1. The number of nitrogens with zero attached hydrogens (tertiary/aromatic N) is 1. The van der Waals surface area contributed by atoms with Gasteiger partial charge in [0.05, 0.1) is 23.6 Å². The van der Waals surface area contributed by atoms with Gasteiger partial charge in [0.15, 0.2) is 0 Å². The highest BCUT2D eigenvalue weighted by molar-refractivity contribution is 5.86. The molecule has 0 fully saturated rings. The van der Waals surface area contributed by atoms with Crippen molar-refractivity contribution in [1.29, 1.82) is 0 Å². The predicted molar refractivity (Wildman–Crippen MR) is 83.6 cm³/mol. The third kappa shape index (κ3) is 5.66. The molecule has 9 heteroatoms. The van der Waals surface area contributed by atoms with E-state index in [2.05, 4.69) is 10.6 Å². The van der Waals surface area contributed by atoms with E-state index in [1.54, 1.807) is 26.0 Å². The van der Waals surface area contributed by atoms with E-state index in [0.717, 1.165) is 0 Å². The van der Waals surface area contributed by atoms with E-state index in [4.69, 9.17) is 5.73 Å². The number of hydrogen-bond donors (Lipinski definition) is 3. The third-order valence-electron chi connectivity index (χ3n) is 2.88. The summed E-state index contributed by atoms with van der Waals surface area (Å²) >= 11 is 0. The number of nitrogens with one attached hydrogen (secondary N) is 2. The summed E-state index contributed by atoms with van der Waals surface area (Å²) in [6.07, 6.45) is 0. The number of hydrogen-bond acceptors (Lipinski definition) is 5. The molecular formula is C13H19ClN4O4. The van der Waals surface area contributed by atoms with Crippen LogP contribution >= 0.6 is 12.4 Å². The van der Waals surface area contributed by atoms with Gasteiger partial charge in [-0.05, 0) is 31.5 Å². The normalized spacial score (nSPS) is 10.3. The lowest BCUT2D eigenvalue weighted by Crippen LogP contribution is -2.46. The van der Waals surface area contributed by atoms with Crippen LogP contribution in [0.2, 0.25) is 0 Å². The molecule has 0 aliphatic rings. The molecule has 0 saturated heterocycles. The molecule has 0 spiro atoms. The molecule has 22 heavy (non-hydrogen) atoms. The summed E-state index contributed by atoms with van der Waals surface area (Å²) in [7, 11) is 0. The van der Waals surface area contributed by atoms with Crippen LogP contribution in [0.25, 0.3) is 0 Å². The van der Waals surface area contributed by atoms with Gasteiger partial charge in [-0.3, -0.25) is 19.7 Å². The Labute approximate surface area is 134 Å². The molecule has 0 aliphatic carbocycles. The van der Waals surface area contributed by atoms with Crippen molar-refractivity contribution in [2.75, 3.05) is 13.1 Å². The van der Waals surface area contributed by atoms with Gasteiger partial charge in [-0.2, -0.15) is 0 Å². The van der Waals surface area contributed by atoms with Crippen molar-refractivity contribution >= 4 is 29.9 Å². The zero-order valence-corrected chi connectivity index (χ0v) is 13.1. The van der Waals surface area contributed by atoms with Crippen molar-refractivity contribution in [3.05, 3.63) is 39.9 Å². The molecule has 122 valence electrons. The molecule has 0 atom stereocenters. The van der Waals surface area contributed by atoms with Crippen LogP contribution in [0.1, 0.15) is 19.4 Å². The smallest absolute Gasteiger partial charge is 0.269 e. The Morgan fingerprint density at radius 2 is 1.77 bits per heavy atom. The first-order chi connectivity index (χ1) is 9.76. The Balaban J connectivity index is 0.00000441. The van der Waals surface area contributed by atoms with E-state index in [0.29, 0.717) is 5.56 Å². The molecule has 2 amide bonds. The fraction of sp³-hybridized carbons (Fsp3) is 0.385. The molecular weight excluding hydrogens is 312 g/mol. The molecule has 1 rings (SSSR count). The summed E-state index contributed by atoms with van der Waals surface area (Å²) in [5.74, 6) is -0.793. The van der Waals surface area contributed by atoms with Crippen molar-refractivity contribution in [2.45, 2.75) is 19.4 Å². The van der Waals surface area contributed by atoms with Crippen molar-refractivity contribution in [3.63, 3.8) is 0 Å². The molecule has 0 aromatic heterocycles. The Bertz CT molecular complexity index is 545. The zero-order chi connectivity index (χ0) is 16.0. The molecule has 1 aromatic rings. The maximum absolute atomic E-state index is 11.8. The number of rotatable bonds is 6. The van der Waals surface area contributed by atoms with E-state index < -0.39 is 16.4 Å². The van der Waals surface area contributed by atoms with Gasteiger partial charge in [0, 0.05) is 12.1 Å². The monoisotopic (exact) mass is 330 g/mol. The SMILES string of the molecule is CC(C)(NC(=O)CNC(=O)CN)c1ccc([N+](=O)[O-])cc1.Cl. The molecule has 8 nitrogen and oxygen atoms in total. The molecule has 0 saturated carbocycles. The van der Waals surface area contributed by atoms with Crippen molar-refractivity contribution in [1.82, 2.24) is 10.6 Å². The summed E-state index contributed by atoms with van der Waals surface area (Å²) in [5, 5.41) is 15.7. The lowest BCUT2D eigenvalue weighted by atomic mass is 9.94. The molecule has 0 unspecified atom stereocenters. The number of benzene rings is 1. The molecule has 0 radical (unpaired) electrons. The number of nitro groups is 1. The highest BCUT2D eigenvalue weighted by Gasteiger charge is 2.23. The quantitative estimate of drug-likeness (QED) is 0.515. The maximum atomic E-state index is 11.8. The summed E-state index contributed by atoms with van der Waals surface area (Å²) in [6, 6.07) is 5.91.